The molecule has 142 valence electrons. The molecule has 7 nitrogen and oxygen atoms in total. The van der Waals surface area contributed by atoms with E-state index in [1.807, 2.05) is 18.7 Å². The second-order valence-electron chi connectivity index (χ2n) is 5.99. The van der Waals surface area contributed by atoms with Gasteiger partial charge in [0, 0.05) is 56.6 Å². The standard InChI is InChI=1S/C16H29N5O2S2/c1-4-14-12-21(10-11-24-14)16(17-5-2)18-7-8-19-25(22,23)15-6-9-20(3)13-15/h6,9,13-14,19H,4-5,7-8,10-12H2,1-3H3,(H,17,18). The molecular formula is C16H29N5O2S2. The monoisotopic (exact) mass is 387 g/mol. The molecule has 1 fully saturated rings. The number of thioether (sulfide) groups is 1. The summed E-state index contributed by atoms with van der Waals surface area (Å²) >= 11 is 2.02. The summed E-state index contributed by atoms with van der Waals surface area (Å²) in [5, 5.41) is 3.95. The fourth-order valence-electron chi connectivity index (χ4n) is 2.65. The summed E-state index contributed by atoms with van der Waals surface area (Å²) in [5.41, 5.74) is 0. The fraction of sp³-hybridized carbons (Fsp3) is 0.688. The minimum atomic E-state index is -3.46. The maximum atomic E-state index is 12.2. The van der Waals surface area contributed by atoms with E-state index in [1.165, 1.54) is 0 Å². The number of aromatic nitrogens is 1. The van der Waals surface area contributed by atoms with E-state index >= 15 is 0 Å². The number of nitrogens with one attached hydrogen (secondary N) is 2. The highest BCUT2D eigenvalue weighted by Crippen LogP contribution is 2.21. The Morgan fingerprint density at radius 3 is 2.88 bits per heavy atom. The zero-order valence-corrected chi connectivity index (χ0v) is 16.9. The largest absolute Gasteiger partial charge is 0.357 e. The number of aliphatic imine (C=N–C) groups is 1. The minimum Gasteiger partial charge on any atom is -0.357 e. The zero-order chi connectivity index (χ0) is 18.3. The van der Waals surface area contributed by atoms with E-state index in [1.54, 1.807) is 30.1 Å². The van der Waals surface area contributed by atoms with Crippen molar-refractivity contribution in [3.05, 3.63) is 18.5 Å². The molecule has 9 heteroatoms. The lowest BCUT2D eigenvalue weighted by molar-refractivity contribution is 0.408. The fourth-order valence-corrected chi connectivity index (χ4v) is 4.90. The Morgan fingerprint density at radius 1 is 1.44 bits per heavy atom. The van der Waals surface area contributed by atoms with Crippen LogP contribution < -0.4 is 10.0 Å². The van der Waals surface area contributed by atoms with Crippen molar-refractivity contribution in [3.63, 3.8) is 0 Å². The molecule has 2 N–H and O–H groups in total. The van der Waals surface area contributed by atoms with Crippen molar-refractivity contribution in [1.82, 2.24) is 19.5 Å². The molecule has 0 radical (unpaired) electrons. The van der Waals surface area contributed by atoms with Crippen LogP contribution in [-0.4, -0.2) is 67.6 Å². The first kappa shape index (κ1) is 20.1. The summed E-state index contributed by atoms with van der Waals surface area (Å²) in [6.07, 6.45) is 4.46. The van der Waals surface area contributed by atoms with Crippen LogP contribution in [0.3, 0.4) is 0 Å². The summed E-state index contributed by atoms with van der Waals surface area (Å²) in [5.74, 6) is 1.98. The predicted octanol–water partition coefficient (Wildman–Crippen LogP) is 1.10. The molecule has 1 atom stereocenters. The van der Waals surface area contributed by atoms with Crippen LogP contribution in [0.2, 0.25) is 0 Å². The van der Waals surface area contributed by atoms with Gasteiger partial charge in [0.15, 0.2) is 5.96 Å². The lowest BCUT2D eigenvalue weighted by Crippen LogP contribution is -2.48. The molecule has 0 spiro atoms. The van der Waals surface area contributed by atoms with E-state index in [4.69, 9.17) is 0 Å². The second-order valence-corrected chi connectivity index (χ2v) is 9.17. The van der Waals surface area contributed by atoms with Crippen LogP contribution in [0.15, 0.2) is 28.3 Å². The minimum absolute atomic E-state index is 0.282. The van der Waals surface area contributed by atoms with E-state index in [0.717, 1.165) is 37.8 Å². The molecule has 0 amide bonds. The van der Waals surface area contributed by atoms with E-state index in [0.29, 0.717) is 11.8 Å². The Kier molecular flexibility index (Phi) is 7.64. The average Bonchev–Trinajstić information content (AvgIpc) is 3.05. The third-order valence-electron chi connectivity index (χ3n) is 4.01. The normalized spacial score (nSPS) is 19.2. The third-order valence-corrected chi connectivity index (χ3v) is 6.83. The van der Waals surface area contributed by atoms with Gasteiger partial charge in [-0.05, 0) is 19.4 Å². The van der Waals surface area contributed by atoms with Crippen molar-refractivity contribution in [1.29, 1.82) is 0 Å². The number of hydrogen-bond donors (Lipinski definition) is 2. The highest BCUT2D eigenvalue weighted by Gasteiger charge is 2.21. The quantitative estimate of drug-likeness (QED) is 0.416. The van der Waals surface area contributed by atoms with Crippen LogP contribution in [0.4, 0.5) is 0 Å². The maximum Gasteiger partial charge on any atom is 0.242 e. The van der Waals surface area contributed by atoms with Crippen LogP contribution >= 0.6 is 11.8 Å². The topological polar surface area (TPSA) is 78.7 Å². The van der Waals surface area contributed by atoms with Gasteiger partial charge < -0.3 is 14.8 Å². The van der Waals surface area contributed by atoms with Gasteiger partial charge in [0.25, 0.3) is 0 Å². The Balaban J connectivity index is 1.90. The summed E-state index contributed by atoms with van der Waals surface area (Å²) in [7, 11) is -1.67. The van der Waals surface area contributed by atoms with Gasteiger partial charge in [0.2, 0.25) is 10.0 Å². The molecular weight excluding hydrogens is 358 g/mol. The van der Waals surface area contributed by atoms with Gasteiger partial charge in [-0.25, -0.2) is 13.1 Å². The summed E-state index contributed by atoms with van der Waals surface area (Å²) in [6.45, 7) is 7.72. The Morgan fingerprint density at radius 2 is 2.24 bits per heavy atom. The summed E-state index contributed by atoms with van der Waals surface area (Å²) in [4.78, 5) is 7.16. The van der Waals surface area contributed by atoms with Gasteiger partial charge in [-0.2, -0.15) is 11.8 Å². The number of rotatable bonds is 7. The first-order valence-electron chi connectivity index (χ1n) is 8.72. The predicted molar refractivity (Wildman–Crippen MR) is 105 cm³/mol. The van der Waals surface area contributed by atoms with Crippen molar-refractivity contribution in [2.75, 3.05) is 38.5 Å². The van der Waals surface area contributed by atoms with Crippen LogP contribution in [-0.2, 0) is 17.1 Å². The summed E-state index contributed by atoms with van der Waals surface area (Å²) in [6, 6.07) is 1.59. The third kappa shape index (κ3) is 5.93. The molecule has 1 aliphatic rings. The molecule has 1 unspecified atom stereocenters. The van der Waals surface area contributed by atoms with Crippen molar-refractivity contribution in [3.8, 4) is 0 Å². The molecule has 0 aliphatic carbocycles. The van der Waals surface area contributed by atoms with Crippen molar-refractivity contribution in [2.45, 2.75) is 30.4 Å². The van der Waals surface area contributed by atoms with Crippen molar-refractivity contribution in [2.24, 2.45) is 12.0 Å². The van der Waals surface area contributed by atoms with Crippen molar-refractivity contribution < 1.29 is 8.42 Å². The van der Waals surface area contributed by atoms with Crippen LogP contribution in [0.5, 0.6) is 0 Å². The van der Waals surface area contributed by atoms with Crippen LogP contribution in [0, 0.1) is 0 Å². The molecule has 2 rings (SSSR count). The maximum absolute atomic E-state index is 12.2. The van der Waals surface area contributed by atoms with E-state index in [-0.39, 0.29) is 11.4 Å². The van der Waals surface area contributed by atoms with E-state index < -0.39 is 10.0 Å². The molecule has 1 aromatic heterocycles. The van der Waals surface area contributed by atoms with E-state index in [2.05, 4.69) is 26.9 Å². The number of aryl methyl sites for hydroxylation is 1. The molecule has 1 saturated heterocycles. The van der Waals surface area contributed by atoms with E-state index in [9.17, 15) is 8.42 Å². The van der Waals surface area contributed by atoms with Gasteiger partial charge in [0.05, 0.1) is 11.4 Å². The van der Waals surface area contributed by atoms with Gasteiger partial charge in [0.1, 0.15) is 0 Å². The zero-order valence-electron chi connectivity index (χ0n) is 15.2. The van der Waals surface area contributed by atoms with Crippen LogP contribution in [0.25, 0.3) is 0 Å². The van der Waals surface area contributed by atoms with Gasteiger partial charge in [-0.3, -0.25) is 4.99 Å². The lowest BCUT2D eigenvalue weighted by Gasteiger charge is -2.34. The number of sulfonamides is 1. The number of hydrogen-bond acceptors (Lipinski definition) is 4. The van der Waals surface area contributed by atoms with Gasteiger partial charge in [-0.1, -0.05) is 6.92 Å². The van der Waals surface area contributed by atoms with Gasteiger partial charge in [-0.15, -0.1) is 0 Å². The molecule has 2 heterocycles. The molecule has 1 aromatic rings. The lowest BCUT2D eigenvalue weighted by atomic mass is 10.3. The molecule has 0 aromatic carbocycles. The average molecular weight is 388 g/mol. The number of nitrogens with zero attached hydrogens (tertiary/aromatic N) is 3. The smallest absolute Gasteiger partial charge is 0.242 e. The molecule has 0 saturated carbocycles. The van der Waals surface area contributed by atoms with Crippen LogP contribution in [0.1, 0.15) is 20.3 Å². The Labute approximate surface area is 155 Å². The molecule has 1 aliphatic heterocycles. The first-order chi connectivity index (χ1) is 12.0. The Bertz CT molecular complexity index is 672. The second kappa shape index (κ2) is 9.49. The molecule has 25 heavy (non-hydrogen) atoms. The highest BCUT2D eigenvalue weighted by atomic mass is 32.2. The molecule has 0 bridgehead atoms. The van der Waals surface area contributed by atoms with Crippen molar-refractivity contribution >= 4 is 27.7 Å². The summed E-state index contributed by atoms with van der Waals surface area (Å²) < 4.78 is 28.7. The van der Waals surface area contributed by atoms with Gasteiger partial charge >= 0.3 is 0 Å². The number of guanidine groups is 1. The Hall–Kier alpha value is -1.19. The first-order valence-corrected chi connectivity index (χ1v) is 11.3. The SMILES string of the molecule is CCNC(=NCCNS(=O)(=O)c1ccn(C)c1)N1CCSC(CC)C1. The highest BCUT2D eigenvalue weighted by molar-refractivity contribution is 8.00.